The Morgan fingerprint density at radius 1 is 0.944 bits per heavy atom. The zero-order valence-corrected chi connectivity index (χ0v) is 14.7. The molecule has 1 aromatic rings. The molecule has 0 unspecified atom stereocenters. The van der Waals surface area contributed by atoms with Crippen LogP contribution in [0.25, 0.3) is 0 Å². The van der Waals surface area contributed by atoms with E-state index in [0.29, 0.717) is 0 Å². The third kappa shape index (κ3) is 5.93. The van der Waals surface area contributed by atoms with Gasteiger partial charge in [0.05, 0.1) is 0 Å². The first-order chi connectivity index (χ1) is 7.68. The van der Waals surface area contributed by atoms with Gasteiger partial charge in [0.25, 0.3) is 0 Å². The SMILES string of the molecule is Cc1c(C)c(C)[c-](C)c1C.[CH-]=C(C)C=C(C)C.[Ti+2]. The summed E-state index contributed by atoms with van der Waals surface area (Å²) in [4.78, 5) is 0. The molecule has 1 aromatic carbocycles. The van der Waals surface area contributed by atoms with Gasteiger partial charge in [-0.15, -0.1) is 0 Å². The van der Waals surface area contributed by atoms with Crippen molar-refractivity contribution in [2.45, 2.75) is 55.4 Å². The zero-order chi connectivity index (χ0) is 13.7. The van der Waals surface area contributed by atoms with Crippen LogP contribution in [-0.2, 0) is 21.7 Å². The molecule has 0 aliphatic heterocycles. The van der Waals surface area contributed by atoms with Crippen LogP contribution in [0.2, 0.25) is 0 Å². The van der Waals surface area contributed by atoms with Crippen molar-refractivity contribution >= 4 is 0 Å². The number of allylic oxidation sites excluding steroid dienone is 3. The Balaban J connectivity index is 0. The summed E-state index contributed by atoms with van der Waals surface area (Å²) in [6, 6.07) is 0. The minimum Gasteiger partial charge on any atom is -0.290 e. The third-order valence-corrected chi connectivity index (χ3v) is 3.33. The fraction of sp³-hybridized carbons (Fsp3) is 0.471. The summed E-state index contributed by atoms with van der Waals surface area (Å²) in [5.74, 6) is 0. The van der Waals surface area contributed by atoms with Gasteiger partial charge in [-0.25, -0.2) is 11.6 Å². The minimum absolute atomic E-state index is 0. The van der Waals surface area contributed by atoms with Crippen LogP contribution in [0.4, 0.5) is 0 Å². The zero-order valence-electron chi connectivity index (χ0n) is 13.2. The number of rotatable bonds is 1. The summed E-state index contributed by atoms with van der Waals surface area (Å²) in [5, 5.41) is 0. The van der Waals surface area contributed by atoms with Crippen molar-refractivity contribution in [3.63, 3.8) is 0 Å². The van der Waals surface area contributed by atoms with E-state index in [1.165, 1.54) is 33.4 Å². The molecule has 0 aliphatic carbocycles. The van der Waals surface area contributed by atoms with Gasteiger partial charge in [0.15, 0.2) is 0 Å². The average Bonchev–Trinajstić information content (AvgIpc) is 2.35. The molecule has 0 aromatic heterocycles. The van der Waals surface area contributed by atoms with Crippen molar-refractivity contribution in [1.82, 2.24) is 0 Å². The molecule has 18 heavy (non-hydrogen) atoms. The Morgan fingerprint density at radius 2 is 1.28 bits per heavy atom. The van der Waals surface area contributed by atoms with Gasteiger partial charge in [0.2, 0.25) is 0 Å². The molecule has 0 N–H and O–H groups in total. The van der Waals surface area contributed by atoms with Crippen LogP contribution in [0.1, 0.15) is 48.6 Å². The van der Waals surface area contributed by atoms with Crippen molar-refractivity contribution in [3.8, 4) is 0 Å². The van der Waals surface area contributed by atoms with Crippen LogP contribution < -0.4 is 0 Å². The van der Waals surface area contributed by atoms with Crippen molar-refractivity contribution in [2.75, 3.05) is 0 Å². The molecule has 0 heterocycles. The quantitative estimate of drug-likeness (QED) is 0.372. The summed E-state index contributed by atoms with van der Waals surface area (Å²) in [6.07, 6.45) is 1.94. The van der Waals surface area contributed by atoms with Gasteiger partial charge in [-0.1, -0.05) is 55.4 Å². The molecule has 0 nitrogen and oxygen atoms in total. The normalized spacial score (nSPS) is 8.89. The van der Waals surface area contributed by atoms with E-state index < -0.39 is 0 Å². The molecule has 0 radical (unpaired) electrons. The van der Waals surface area contributed by atoms with Crippen LogP contribution in [0.3, 0.4) is 0 Å². The maximum Gasteiger partial charge on any atom is 2.00 e. The van der Waals surface area contributed by atoms with Crippen molar-refractivity contribution in [2.24, 2.45) is 0 Å². The molecular formula is C17H26Ti. The van der Waals surface area contributed by atoms with Crippen LogP contribution in [0.5, 0.6) is 0 Å². The molecule has 0 saturated heterocycles. The Kier molecular flexibility index (Phi) is 9.51. The summed E-state index contributed by atoms with van der Waals surface area (Å²) in [7, 11) is 0. The maximum absolute atomic E-state index is 5.33. The first-order valence-corrected chi connectivity index (χ1v) is 6.12. The summed E-state index contributed by atoms with van der Waals surface area (Å²) < 4.78 is 0. The van der Waals surface area contributed by atoms with E-state index in [1.807, 2.05) is 26.8 Å². The first kappa shape index (κ1) is 19.9. The number of hydrogen-bond donors (Lipinski definition) is 0. The van der Waals surface area contributed by atoms with Crippen LogP contribution in [0.15, 0.2) is 17.2 Å². The monoisotopic (exact) mass is 278 g/mol. The van der Waals surface area contributed by atoms with Gasteiger partial charge in [-0.3, -0.25) is 6.58 Å². The average molecular weight is 278 g/mol. The summed E-state index contributed by atoms with van der Waals surface area (Å²) in [6.45, 7) is 22.3. The molecular weight excluding hydrogens is 252 g/mol. The predicted octanol–water partition coefficient (Wildman–Crippen LogP) is 5.28. The summed E-state index contributed by atoms with van der Waals surface area (Å²) >= 11 is 0. The van der Waals surface area contributed by atoms with Crippen molar-refractivity contribution in [1.29, 1.82) is 0 Å². The van der Waals surface area contributed by atoms with Crippen LogP contribution >= 0.6 is 0 Å². The molecule has 1 heteroatoms. The molecule has 1 rings (SSSR count). The van der Waals surface area contributed by atoms with Crippen LogP contribution in [-0.4, -0.2) is 0 Å². The van der Waals surface area contributed by atoms with Crippen molar-refractivity contribution in [3.05, 3.63) is 51.6 Å². The van der Waals surface area contributed by atoms with E-state index in [4.69, 9.17) is 6.58 Å². The van der Waals surface area contributed by atoms with Crippen molar-refractivity contribution < 1.29 is 21.7 Å². The van der Waals surface area contributed by atoms with E-state index in [1.54, 1.807) is 0 Å². The van der Waals surface area contributed by atoms with Gasteiger partial charge in [0, 0.05) is 0 Å². The molecule has 98 valence electrons. The molecule has 0 amide bonds. The third-order valence-electron chi connectivity index (χ3n) is 3.33. The first-order valence-electron chi connectivity index (χ1n) is 6.12. The minimum atomic E-state index is 0. The van der Waals surface area contributed by atoms with Gasteiger partial charge >= 0.3 is 21.7 Å². The van der Waals surface area contributed by atoms with Gasteiger partial charge in [-0.2, -0.15) is 33.4 Å². The Labute approximate surface area is 128 Å². The standard InChI is InChI=1S/C10H15.C7H11.Ti/c1-6-7(2)9(4)10(5)8(6)3;1-6(2)5-7(3)4;/h1-5H3;1,5H,2-4H3;/q2*-1;+2. The van der Waals surface area contributed by atoms with Crippen LogP contribution in [0, 0.1) is 41.2 Å². The fourth-order valence-electron chi connectivity index (χ4n) is 1.86. The second-order valence-electron chi connectivity index (χ2n) is 5.09. The Morgan fingerprint density at radius 3 is 1.33 bits per heavy atom. The summed E-state index contributed by atoms with van der Waals surface area (Å²) in [5.41, 5.74) is 9.46. The second kappa shape index (κ2) is 8.61. The molecule has 0 atom stereocenters. The molecule has 0 spiro atoms. The van der Waals surface area contributed by atoms with Gasteiger partial charge in [-0.05, 0) is 0 Å². The Hall–Kier alpha value is -0.456. The fourth-order valence-corrected chi connectivity index (χ4v) is 1.86. The van der Waals surface area contributed by atoms with E-state index in [9.17, 15) is 0 Å². The topological polar surface area (TPSA) is 0 Å². The van der Waals surface area contributed by atoms with Gasteiger partial charge in [0.1, 0.15) is 0 Å². The van der Waals surface area contributed by atoms with E-state index in [2.05, 4.69) is 34.6 Å². The maximum atomic E-state index is 5.33. The Bertz CT molecular complexity index is 347. The molecule has 0 bridgehead atoms. The van der Waals surface area contributed by atoms with E-state index >= 15 is 0 Å². The van der Waals surface area contributed by atoms with Gasteiger partial charge < -0.3 is 0 Å². The number of hydrogen-bond acceptors (Lipinski definition) is 0. The van der Waals surface area contributed by atoms with E-state index in [0.717, 1.165) is 5.57 Å². The molecule has 0 aliphatic rings. The molecule has 0 fully saturated rings. The van der Waals surface area contributed by atoms with E-state index in [-0.39, 0.29) is 21.7 Å². The smallest absolute Gasteiger partial charge is 0.290 e. The second-order valence-corrected chi connectivity index (χ2v) is 5.09. The predicted molar refractivity (Wildman–Crippen MR) is 78.6 cm³/mol. The largest absolute Gasteiger partial charge is 2.00 e. The molecule has 0 saturated carbocycles.